The number of benzene rings is 2. The topological polar surface area (TPSA) is 93.9 Å². The van der Waals surface area contributed by atoms with Crippen LogP contribution in [-0.4, -0.2) is 45.2 Å². The Morgan fingerprint density at radius 2 is 1.93 bits per heavy atom. The van der Waals surface area contributed by atoms with Crippen LogP contribution in [0.2, 0.25) is 5.02 Å². The molecule has 0 fully saturated rings. The lowest BCUT2D eigenvalue weighted by Gasteiger charge is -2.23. The van der Waals surface area contributed by atoms with Crippen molar-refractivity contribution < 1.29 is 19.1 Å². The van der Waals surface area contributed by atoms with Crippen molar-refractivity contribution in [2.24, 2.45) is 5.73 Å². The molecule has 0 aliphatic carbocycles. The molecule has 2 aromatic carbocycles. The molecule has 0 spiro atoms. The predicted octanol–water partition coefficient (Wildman–Crippen LogP) is 2.86. The van der Waals surface area contributed by atoms with Crippen LogP contribution in [-0.2, 0) is 4.79 Å². The number of para-hydroxylation sites is 1. The second kappa shape index (κ2) is 11.2. The van der Waals surface area contributed by atoms with Gasteiger partial charge in [0.25, 0.3) is 11.8 Å². The van der Waals surface area contributed by atoms with Crippen LogP contribution in [0.5, 0.6) is 11.5 Å². The molecule has 7 nitrogen and oxygen atoms in total. The second-order valence-electron chi connectivity index (χ2n) is 6.27. The first-order valence-corrected chi connectivity index (χ1v) is 9.70. The molecule has 0 heterocycles. The molecule has 0 saturated heterocycles. The molecular formula is C21H26ClN3O4. The molecule has 156 valence electrons. The van der Waals surface area contributed by atoms with Crippen LogP contribution in [0.3, 0.4) is 0 Å². The number of nitrogens with one attached hydrogen (secondary N) is 1. The first kappa shape index (κ1) is 22.4. The number of methoxy groups -OCH3 is 1. The van der Waals surface area contributed by atoms with E-state index in [9.17, 15) is 9.59 Å². The minimum absolute atomic E-state index is 0.164. The minimum Gasteiger partial charge on any atom is -0.493 e. The summed E-state index contributed by atoms with van der Waals surface area (Å²) < 4.78 is 10.5. The van der Waals surface area contributed by atoms with E-state index in [2.05, 4.69) is 29.3 Å². The van der Waals surface area contributed by atoms with E-state index >= 15 is 0 Å². The average molecular weight is 420 g/mol. The van der Waals surface area contributed by atoms with Crippen LogP contribution in [0.15, 0.2) is 42.5 Å². The van der Waals surface area contributed by atoms with E-state index in [-0.39, 0.29) is 29.0 Å². The van der Waals surface area contributed by atoms with E-state index in [0.29, 0.717) is 12.1 Å². The van der Waals surface area contributed by atoms with Gasteiger partial charge in [0.05, 0.1) is 12.1 Å². The molecule has 0 aromatic heterocycles. The highest BCUT2D eigenvalue weighted by Crippen LogP contribution is 2.36. The lowest BCUT2D eigenvalue weighted by molar-refractivity contribution is -0.119. The van der Waals surface area contributed by atoms with Gasteiger partial charge in [-0.25, -0.2) is 0 Å². The molecular weight excluding hydrogens is 394 g/mol. The largest absolute Gasteiger partial charge is 0.493 e. The Morgan fingerprint density at radius 1 is 1.21 bits per heavy atom. The summed E-state index contributed by atoms with van der Waals surface area (Å²) >= 11 is 6.19. The van der Waals surface area contributed by atoms with E-state index in [1.54, 1.807) is 0 Å². The smallest absolute Gasteiger partial charge is 0.255 e. The van der Waals surface area contributed by atoms with Gasteiger partial charge in [0.15, 0.2) is 18.1 Å². The Hall–Kier alpha value is -2.93. The predicted molar refractivity (Wildman–Crippen MR) is 114 cm³/mol. The van der Waals surface area contributed by atoms with E-state index in [1.165, 1.54) is 19.2 Å². The monoisotopic (exact) mass is 419 g/mol. The third kappa shape index (κ3) is 6.57. The van der Waals surface area contributed by atoms with Crippen LogP contribution in [0.1, 0.15) is 23.7 Å². The molecule has 0 radical (unpaired) electrons. The van der Waals surface area contributed by atoms with Crippen molar-refractivity contribution in [1.82, 2.24) is 5.32 Å². The highest BCUT2D eigenvalue weighted by Gasteiger charge is 2.16. The summed E-state index contributed by atoms with van der Waals surface area (Å²) in [5, 5.41) is 3.05. The maximum absolute atomic E-state index is 12.5. The molecule has 3 N–H and O–H groups in total. The molecule has 0 saturated carbocycles. The van der Waals surface area contributed by atoms with E-state index in [4.69, 9.17) is 26.8 Å². The van der Waals surface area contributed by atoms with Crippen LogP contribution in [0.4, 0.5) is 5.69 Å². The summed E-state index contributed by atoms with van der Waals surface area (Å²) in [5.74, 6) is -0.480. The minimum atomic E-state index is -0.637. The molecule has 0 bridgehead atoms. The third-order valence-corrected chi connectivity index (χ3v) is 4.52. The number of halogens is 1. The molecule has 2 rings (SSSR count). The van der Waals surface area contributed by atoms with Gasteiger partial charge in [-0.15, -0.1) is 0 Å². The van der Waals surface area contributed by atoms with Crippen molar-refractivity contribution in [2.45, 2.75) is 13.3 Å². The van der Waals surface area contributed by atoms with Crippen LogP contribution < -0.4 is 25.4 Å². The van der Waals surface area contributed by atoms with Gasteiger partial charge < -0.3 is 25.4 Å². The Bertz CT molecular complexity index is 830. The Labute approximate surface area is 175 Å². The summed E-state index contributed by atoms with van der Waals surface area (Å²) in [6.07, 6.45) is 0.791. The third-order valence-electron chi connectivity index (χ3n) is 4.24. The number of hydrogen-bond donors (Lipinski definition) is 2. The van der Waals surface area contributed by atoms with Gasteiger partial charge in [0.1, 0.15) is 0 Å². The maximum atomic E-state index is 12.5. The summed E-state index contributed by atoms with van der Waals surface area (Å²) in [4.78, 5) is 25.6. The first-order valence-electron chi connectivity index (χ1n) is 9.33. The van der Waals surface area contributed by atoms with Gasteiger partial charge in [0, 0.05) is 30.9 Å². The number of amides is 2. The molecule has 0 aliphatic heterocycles. The average Bonchev–Trinajstić information content (AvgIpc) is 2.72. The van der Waals surface area contributed by atoms with Gasteiger partial charge in [0.2, 0.25) is 0 Å². The molecule has 2 amide bonds. The Morgan fingerprint density at radius 3 is 2.55 bits per heavy atom. The van der Waals surface area contributed by atoms with Gasteiger partial charge >= 0.3 is 0 Å². The number of nitrogens with two attached hydrogens (primary N) is 1. The summed E-state index contributed by atoms with van der Waals surface area (Å²) in [6.45, 7) is 3.99. The SMILES string of the molecule is CCN(CCCNC(=O)c1cc(Cl)c(OCC(N)=O)c(OC)c1)c1ccccc1. The second-order valence-corrected chi connectivity index (χ2v) is 6.68. The van der Waals surface area contributed by atoms with E-state index < -0.39 is 5.91 Å². The summed E-state index contributed by atoms with van der Waals surface area (Å²) in [6, 6.07) is 13.1. The highest BCUT2D eigenvalue weighted by molar-refractivity contribution is 6.32. The van der Waals surface area contributed by atoms with E-state index in [0.717, 1.165) is 25.2 Å². The van der Waals surface area contributed by atoms with E-state index in [1.807, 2.05) is 18.2 Å². The van der Waals surface area contributed by atoms with Crippen molar-refractivity contribution in [3.63, 3.8) is 0 Å². The number of primary amides is 1. The number of hydrogen-bond acceptors (Lipinski definition) is 5. The zero-order valence-corrected chi connectivity index (χ0v) is 17.4. The normalized spacial score (nSPS) is 10.3. The van der Waals surface area contributed by atoms with Crippen molar-refractivity contribution in [1.29, 1.82) is 0 Å². The van der Waals surface area contributed by atoms with Gasteiger partial charge in [-0.2, -0.15) is 0 Å². The molecule has 0 unspecified atom stereocenters. The fourth-order valence-corrected chi connectivity index (χ4v) is 3.08. The van der Waals surface area contributed by atoms with Crippen LogP contribution in [0, 0.1) is 0 Å². The fourth-order valence-electron chi connectivity index (χ4n) is 2.82. The zero-order chi connectivity index (χ0) is 21.2. The van der Waals surface area contributed by atoms with Gasteiger partial charge in [-0.05, 0) is 37.6 Å². The van der Waals surface area contributed by atoms with Gasteiger partial charge in [-0.1, -0.05) is 29.8 Å². The van der Waals surface area contributed by atoms with Crippen molar-refractivity contribution in [2.75, 3.05) is 38.3 Å². The lowest BCUT2D eigenvalue weighted by Crippen LogP contribution is -2.30. The van der Waals surface area contributed by atoms with Crippen molar-refractivity contribution >= 4 is 29.1 Å². The number of carbonyl (C=O) groups excluding carboxylic acids is 2. The standard InChI is InChI=1S/C21H26ClN3O4/c1-3-25(16-8-5-4-6-9-16)11-7-10-24-21(27)15-12-17(22)20(18(13-15)28-2)29-14-19(23)26/h4-6,8-9,12-13H,3,7,10-11,14H2,1-2H3,(H2,23,26)(H,24,27). The quantitative estimate of drug-likeness (QED) is 0.546. The highest BCUT2D eigenvalue weighted by atomic mass is 35.5. The zero-order valence-electron chi connectivity index (χ0n) is 16.6. The maximum Gasteiger partial charge on any atom is 0.255 e. The number of anilines is 1. The molecule has 8 heteroatoms. The molecule has 2 aromatic rings. The van der Waals surface area contributed by atoms with Crippen molar-refractivity contribution in [3.05, 3.63) is 53.1 Å². The summed E-state index contributed by atoms with van der Waals surface area (Å²) in [5.41, 5.74) is 6.58. The number of ether oxygens (including phenoxy) is 2. The van der Waals surface area contributed by atoms with Crippen molar-refractivity contribution in [3.8, 4) is 11.5 Å². The van der Waals surface area contributed by atoms with Crippen LogP contribution in [0.25, 0.3) is 0 Å². The molecule has 0 aliphatic rings. The molecule has 0 atom stereocenters. The van der Waals surface area contributed by atoms with Gasteiger partial charge in [-0.3, -0.25) is 9.59 Å². The Balaban J connectivity index is 1.93. The fraction of sp³-hybridized carbons (Fsp3) is 0.333. The molecule has 29 heavy (non-hydrogen) atoms. The lowest BCUT2D eigenvalue weighted by atomic mass is 10.2. The van der Waals surface area contributed by atoms with Crippen LogP contribution >= 0.6 is 11.6 Å². The number of nitrogens with zero attached hydrogens (tertiary/aromatic N) is 1. The number of rotatable bonds is 11. The summed E-state index contributed by atoms with van der Waals surface area (Å²) in [7, 11) is 1.42. The number of carbonyl (C=O) groups is 2. The Kier molecular flexibility index (Phi) is 8.61. The first-order chi connectivity index (χ1) is 14.0.